The molecule has 0 fully saturated rings. The van der Waals surface area contributed by atoms with E-state index in [-0.39, 0.29) is 12.4 Å². The van der Waals surface area contributed by atoms with Crippen molar-refractivity contribution in [1.82, 2.24) is 4.57 Å². The summed E-state index contributed by atoms with van der Waals surface area (Å²) in [5.74, 6) is 0.265. The number of carbonyl (C=O) groups is 2. The van der Waals surface area contributed by atoms with Crippen LogP contribution in [0.5, 0.6) is 5.75 Å². The van der Waals surface area contributed by atoms with Gasteiger partial charge in [0.1, 0.15) is 11.4 Å². The highest BCUT2D eigenvalue weighted by Gasteiger charge is 2.21. The lowest BCUT2D eigenvalue weighted by Gasteiger charge is -2.19. The molecule has 0 unspecified atom stereocenters. The molecule has 2 rings (SSSR count). The fraction of sp³-hybridized carbons (Fsp3) is 0.412. The predicted octanol–water partition coefficient (Wildman–Crippen LogP) is 3.15. The maximum atomic E-state index is 12.4. The van der Waals surface area contributed by atoms with Gasteiger partial charge in [-0.15, -0.1) is 0 Å². The first-order valence-electron chi connectivity index (χ1n) is 7.23. The average molecular weight is 319 g/mol. The smallest absolute Gasteiger partial charge is 0.419 e. The van der Waals surface area contributed by atoms with Crippen LogP contribution in [0, 0.1) is 0 Å². The van der Waals surface area contributed by atoms with Crippen LogP contribution in [0.2, 0.25) is 0 Å². The zero-order chi connectivity index (χ0) is 17.2. The molecule has 0 spiro atoms. The topological polar surface area (TPSA) is 66.8 Å². The van der Waals surface area contributed by atoms with Gasteiger partial charge in [-0.25, -0.2) is 4.79 Å². The van der Waals surface area contributed by atoms with Crippen LogP contribution in [0.1, 0.15) is 26.3 Å². The molecule has 6 nitrogen and oxygen atoms in total. The third kappa shape index (κ3) is 3.83. The van der Waals surface area contributed by atoms with Gasteiger partial charge in [0.15, 0.2) is 0 Å². The summed E-state index contributed by atoms with van der Waals surface area (Å²) >= 11 is 0. The average Bonchev–Trinajstić information content (AvgIpc) is 2.83. The number of ether oxygens (including phenoxy) is 3. The molecule has 0 N–H and O–H groups in total. The zero-order valence-corrected chi connectivity index (χ0v) is 14.0. The van der Waals surface area contributed by atoms with Gasteiger partial charge in [-0.3, -0.25) is 9.36 Å². The molecule has 0 amide bonds. The van der Waals surface area contributed by atoms with Gasteiger partial charge in [-0.05, 0) is 44.5 Å². The van der Waals surface area contributed by atoms with Crippen molar-refractivity contribution in [3.05, 3.63) is 30.0 Å². The van der Waals surface area contributed by atoms with E-state index in [9.17, 15) is 9.59 Å². The van der Waals surface area contributed by atoms with Crippen LogP contribution in [0.4, 0.5) is 4.79 Å². The van der Waals surface area contributed by atoms with Crippen molar-refractivity contribution < 1.29 is 23.8 Å². The summed E-state index contributed by atoms with van der Waals surface area (Å²) in [6, 6.07) is 5.30. The molecule has 6 heteroatoms. The molecule has 0 saturated carbocycles. The van der Waals surface area contributed by atoms with E-state index < -0.39 is 11.7 Å². The summed E-state index contributed by atoms with van der Waals surface area (Å²) in [5.41, 5.74) is 0.721. The van der Waals surface area contributed by atoms with Crippen molar-refractivity contribution >= 4 is 23.0 Å². The third-order valence-electron chi connectivity index (χ3n) is 3.25. The number of nitrogens with zero attached hydrogens (tertiary/aromatic N) is 1. The predicted molar refractivity (Wildman–Crippen MR) is 85.8 cm³/mol. The number of benzene rings is 1. The van der Waals surface area contributed by atoms with Crippen LogP contribution in [-0.4, -0.2) is 36.5 Å². The minimum Gasteiger partial charge on any atom is -0.497 e. The molecule has 0 aliphatic carbocycles. The lowest BCUT2D eigenvalue weighted by atomic mass is 10.1. The minimum atomic E-state index is -0.608. The number of aromatic nitrogens is 1. The van der Waals surface area contributed by atoms with E-state index in [0.29, 0.717) is 16.8 Å². The second-order valence-electron chi connectivity index (χ2n) is 6.14. The van der Waals surface area contributed by atoms with Crippen LogP contribution in [0.3, 0.4) is 0 Å². The summed E-state index contributed by atoms with van der Waals surface area (Å²) in [7, 11) is 2.89. The number of rotatable bonds is 3. The van der Waals surface area contributed by atoms with Crippen molar-refractivity contribution in [2.24, 2.45) is 0 Å². The Balaban J connectivity index is 2.53. The van der Waals surface area contributed by atoms with Crippen LogP contribution in [0.25, 0.3) is 10.9 Å². The van der Waals surface area contributed by atoms with Crippen molar-refractivity contribution in [2.45, 2.75) is 32.8 Å². The van der Waals surface area contributed by atoms with E-state index in [4.69, 9.17) is 14.2 Å². The Hall–Kier alpha value is -2.50. The number of esters is 1. The highest BCUT2D eigenvalue weighted by atomic mass is 16.6. The van der Waals surface area contributed by atoms with Crippen molar-refractivity contribution in [2.75, 3.05) is 14.2 Å². The van der Waals surface area contributed by atoms with Gasteiger partial charge in [0.2, 0.25) is 0 Å². The Morgan fingerprint density at radius 2 is 1.87 bits per heavy atom. The second kappa shape index (κ2) is 6.32. The van der Waals surface area contributed by atoms with Crippen LogP contribution < -0.4 is 4.74 Å². The first-order valence-corrected chi connectivity index (χ1v) is 7.23. The number of hydrogen-bond donors (Lipinski definition) is 0. The van der Waals surface area contributed by atoms with Crippen LogP contribution >= 0.6 is 0 Å². The van der Waals surface area contributed by atoms with Gasteiger partial charge >= 0.3 is 12.1 Å². The SMILES string of the molecule is COC(=O)Cc1cn(C(=O)OC(C)(C)C)c2ccc(OC)cc12. The Morgan fingerprint density at radius 1 is 1.17 bits per heavy atom. The van der Waals surface area contributed by atoms with E-state index in [0.717, 1.165) is 5.39 Å². The first-order chi connectivity index (χ1) is 10.7. The van der Waals surface area contributed by atoms with Gasteiger partial charge in [0.25, 0.3) is 0 Å². The molecule has 0 aliphatic rings. The van der Waals surface area contributed by atoms with Crippen molar-refractivity contribution in [3.63, 3.8) is 0 Å². The van der Waals surface area contributed by atoms with E-state index in [1.54, 1.807) is 52.3 Å². The van der Waals surface area contributed by atoms with Gasteiger partial charge in [0, 0.05) is 11.6 Å². The molecular weight excluding hydrogens is 298 g/mol. The number of methoxy groups -OCH3 is 2. The Labute approximate surface area is 134 Å². The molecule has 1 aromatic carbocycles. The van der Waals surface area contributed by atoms with E-state index in [1.165, 1.54) is 11.7 Å². The summed E-state index contributed by atoms with van der Waals surface area (Å²) in [6.07, 6.45) is 1.18. The Bertz CT molecular complexity index is 739. The monoisotopic (exact) mass is 319 g/mol. The number of fused-ring (bicyclic) bond motifs is 1. The Morgan fingerprint density at radius 3 is 2.43 bits per heavy atom. The normalized spacial score (nSPS) is 11.3. The molecule has 124 valence electrons. The van der Waals surface area contributed by atoms with Gasteiger partial charge in [-0.1, -0.05) is 0 Å². The summed E-state index contributed by atoms with van der Waals surface area (Å²) < 4.78 is 16.7. The summed E-state index contributed by atoms with van der Waals surface area (Å²) in [6.45, 7) is 5.40. The molecule has 0 radical (unpaired) electrons. The van der Waals surface area contributed by atoms with E-state index >= 15 is 0 Å². The highest BCUT2D eigenvalue weighted by Crippen LogP contribution is 2.27. The number of hydrogen-bond acceptors (Lipinski definition) is 5. The zero-order valence-electron chi connectivity index (χ0n) is 14.0. The lowest BCUT2D eigenvalue weighted by Crippen LogP contribution is -2.26. The van der Waals surface area contributed by atoms with E-state index in [1.807, 2.05) is 0 Å². The molecule has 0 aliphatic heterocycles. The molecular formula is C17H21NO5. The van der Waals surface area contributed by atoms with Gasteiger partial charge in [-0.2, -0.15) is 0 Å². The first kappa shape index (κ1) is 16.9. The van der Waals surface area contributed by atoms with Gasteiger partial charge < -0.3 is 14.2 Å². The molecule has 0 saturated heterocycles. The van der Waals surface area contributed by atoms with Crippen LogP contribution in [0.15, 0.2) is 24.4 Å². The quantitative estimate of drug-likeness (QED) is 0.813. The molecule has 23 heavy (non-hydrogen) atoms. The maximum Gasteiger partial charge on any atom is 0.419 e. The van der Waals surface area contributed by atoms with Crippen molar-refractivity contribution in [1.29, 1.82) is 0 Å². The lowest BCUT2D eigenvalue weighted by molar-refractivity contribution is -0.139. The highest BCUT2D eigenvalue weighted by molar-refractivity contribution is 5.94. The third-order valence-corrected chi connectivity index (χ3v) is 3.25. The largest absolute Gasteiger partial charge is 0.497 e. The summed E-state index contributed by atoms with van der Waals surface area (Å²) in [5, 5.41) is 0.751. The fourth-order valence-electron chi connectivity index (χ4n) is 2.24. The molecule has 1 aromatic heterocycles. The number of carbonyl (C=O) groups excluding carboxylic acids is 2. The molecule has 0 bridgehead atoms. The summed E-state index contributed by atoms with van der Waals surface area (Å²) in [4.78, 5) is 24.0. The fourth-order valence-corrected chi connectivity index (χ4v) is 2.24. The standard InChI is InChI=1S/C17H21NO5/c1-17(2,3)23-16(20)18-10-11(8-15(19)22-5)13-9-12(21-4)6-7-14(13)18/h6-7,9-10H,8H2,1-5H3. The molecule has 0 atom stereocenters. The second-order valence-corrected chi connectivity index (χ2v) is 6.14. The van der Waals surface area contributed by atoms with Crippen LogP contribution in [-0.2, 0) is 20.7 Å². The molecule has 2 aromatic rings. The Kier molecular flexibility index (Phi) is 4.63. The molecule has 1 heterocycles. The van der Waals surface area contributed by atoms with Crippen molar-refractivity contribution in [3.8, 4) is 5.75 Å². The minimum absolute atomic E-state index is 0.0654. The van der Waals surface area contributed by atoms with Gasteiger partial charge in [0.05, 0.1) is 26.2 Å². The maximum absolute atomic E-state index is 12.4. The van der Waals surface area contributed by atoms with E-state index in [2.05, 4.69) is 0 Å².